The number of phenolic OH excluding ortho intramolecular Hbond substituents is 2. The lowest BCUT2D eigenvalue weighted by molar-refractivity contribution is 0.467. The number of rotatable bonds is 4. The highest BCUT2D eigenvalue weighted by atomic mass is 16.4. The Morgan fingerprint density at radius 1 is 0.579 bits per heavy atom. The highest BCUT2D eigenvalue weighted by molar-refractivity contribution is 5.81. The summed E-state index contributed by atoms with van der Waals surface area (Å²) in [6.07, 6.45) is 3.49. The van der Waals surface area contributed by atoms with Gasteiger partial charge in [0.05, 0.1) is 32.9 Å². The lowest BCUT2D eigenvalue weighted by atomic mass is 10.1. The van der Waals surface area contributed by atoms with E-state index in [1.54, 1.807) is 84.9 Å². The molecular weight excluding hydrogens is 484 g/mol. The van der Waals surface area contributed by atoms with Gasteiger partial charge in [-0.25, -0.2) is 19.6 Å². The smallest absolute Gasteiger partial charge is 0.347 e. The van der Waals surface area contributed by atoms with Gasteiger partial charge in [-0.05, 0) is 59.7 Å². The van der Waals surface area contributed by atoms with E-state index in [1.807, 2.05) is 0 Å². The predicted molar refractivity (Wildman–Crippen MR) is 144 cm³/mol. The molecule has 0 saturated carbocycles. The summed E-state index contributed by atoms with van der Waals surface area (Å²) in [5, 5.41) is 21.9. The van der Waals surface area contributed by atoms with Gasteiger partial charge < -0.3 is 19.0 Å². The molecule has 0 unspecified atom stereocenters. The van der Waals surface area contributed by atoms with Crippen LogP contribution < -0.4 is 11.3 Å². The van der Waals surface area contributed by atoms with E-state index in [4.69, 9.17) is 8.83 Å². The van der Waals surface area contributed by atoms with E-state index in [-0.39, 0.29) is 34.4 Å². The van der Waals surface area contributed by atoms with Crippen molar-refractivity contribution in [1.29, 1.82) is 0 Å². The monoisotopic (exact) mass is 502 g/mol. The molecule has 6 aromatic rings. The van der Waals surface area contributed by atoms with E-state index in [0.29, 0.717) is 32.9 Å². The zero-order valence-electron chi connectivity index (χ0n) is 19.7. The number of benzene rings is 4. The normalized spacial score (nSPS) is 11.5. The lowest BCUT2D eigenvalue weighted by Crippen LogP contribution is -2.02. The summed E-state index contributed by atoms with van der Waals surface area (Å²) in [6.45, 7) is 0. The summed E-state index contributed by atoms with van der Waals surface area (Å²) in [5.74, 6) is -0.158. The summed E-state index contributed by atoms with van der Waals surface area (Å²) in [5.41, 5.74) is 1.80. The van der Waals surface area contributed by atoms with Gasteiger partial charge in [0.2, 0.25) is 11.8 Å². The number of fused-ring (bicyclic) bond motifs is 2. The number of aromatic nitrogens is 2. The van der Waals surface area contributed by atoms with Crippen LogP contribution in [0.1, 0.15) is 11.1 Å². The van der Waals surface area contributed by atoms with Crippen LogP contribution in [0.25, 0.3) is 56.9 Å². The van der Waals surface area contributed by atoms with Crippen molar-refractivity contribution < 1.29 is 19.0 Å². The fourth-order valence-electron chi connectivity index (χ4n) is 4.13. The van der Waals surface area contributed by atoms with E-state index in [1.165, 1.54) is 12.1 Å². The number of para-hydroxylation sites is 2. The molecule has 0 atom stereocenters. The maximum Gasteiger partial charge on any atom is 0.347 e. The van der Waals surface area contributed by atoms with Gasteiger partial charge in [-0.15, -0.1) is 0 Å². The van der Waals surface area contributed by atoms with Crippen LogP contribution in [0.3, 0.4) is 0 Å². The van der Waals surface area contributed by atoms with E-state index in [9.17, 15) is 19.8 Å². The summed E-state index contributed by atoms with van der Waals surface area (Å²) in [4.78, 5) is 33.3. The second-order valence-corrected chi connectivity index (χ2v) is 8.53. The van der Waals surface area contributed by atoms with Gasteiger partial charge >= 0.3 is 11.3 Å². The van der Waals surface area contributed by atoms with Crippen molar-refractivity contribution >= 4 is 34.0 Å². The number of phenols is 2. The van der Waals surface area contributed by atoms with E-state index >= 15 is 0 Å². The van der Waals surface area contributed by atoms with Crippen molar-refractivity contribution in [3.8, 4) is 34.4 Å². The maximum absolute atomic E-state index is 12.3. The minimum Gasteiger partial charge on any atom is -0.507 e. The van der Waals surface area contributed by atoms with E-state index in [0.717, 1.165) is 0 Å². The summed E-state index contributed by atoms with van der Waals surface area (Å²) < 4.78 is 10.6. The van der Waals surface area contributed by atoms with Crippen LogP contribution in [-0.2, 0) is 0 Å². The van der Waals surface area contributed by atoms with Gasteiger partial charge in [-0.3, -0.25) is 0 Å². The van der Waals surface area contributed by atoms with Gasteiger partial charge in [0.1, 0.15) is 11.5 Å². The van der Waals surface area contributed by atoms with Crippen LogP contribution in [0.5, 0.6) is 11.5 Å². The molecule has 0 saturated heterocycles. The second-order valence-electron chi connectivity index (χ2n) is 8.53. The molecule has 4 aromatic carbocycles. The van der Waals surface area contributed by atoms with Crippen molar-refractivity contribution in [2.75, 3.05) is 0 Å². The molecule has 2 heterocycles. The Hall–Kier alpha value is -5.50. The molecule has 2 aromatic heterocycles. The molecule has 8 nitrogen and oxygen atoms in total. The Morgan fingerprint density at radius 3 is 1.42 bits per heavy atom. The first-order chi connectivity index (χ1) is 18.5. The van der Waals surface area contributed by atoms with Crippen LogP contribution in [-0.4, -0.2) is 20.2 Å². The molecular formula is C30H18N2O6. The fourth-order valence-corrected chi connectivity index (χ4v) is 4.13. The Labute approximate surface area is 214 Å². The summed E-state index contributed by atoms with van der Waals surface area (Å²) in [7, 11) is 0. The van der Waals surface area contributed by atoms with Gasteiger partial charge in [0.25, 0.3) is 0 Å². The molecule has 0 aliphatic carbocycles. The standard InChI is InChI=1S/C30H18N2O6/c33-25-15-17(11-13-21(25)27-31-23-7-3-1-5-19(23)29(35)37-27)9-10-18-12-14-22(26(34)16-18)28-32-24-8-4-2-6-20(24)30(36)38-28/h1-16,33-34H/b10-9+. The quantitative estimate of drug-likeness (QED) is 0.298. The van der Waals surface area contributed by atoms with Gasteiger partial charge in [0, 0.05) is 0 Å². The number of hydrogen-bond acceptors (Lipinski definition) is 8. The Bertz CT molecular complexity index is 1860. The Morgan fingerprint density at radius 2 is 1.00 bits per heavy atom. The van der Waals surface area contributed by atoms with Crippen LogP contribution in [0.2, 0.25) is 0 Å². The highest BCUT2D eigenvalue weighted by Gasteiger charge is 2.14. The van der Waals surface area contributed by atoms with Crippen LogP contribution >= 0.6 is 0 Å². The first-order valence-corrected chi connectivity index (χ1v) is 11.6. The maximum atomic E-state index is 12.3. The number of aromatic hydroxyl groups is 2. The number of nitrogens with zero attached hydrogens (tertiary/aromatic N) is 2. The third kappa shape index (κ3) is 4.20. The molecule has 0 aliphatic rings. The van der Waals surface area contributed by atoms with E-state index in [2.05, 4.69) is 9.97 Å². The summed E-state index contributed by atoms with van der Waals surface area (Å²) in [6, 6.07) is 23.4. The second kappa shape index (κ2) is 9.18. The molecule has 0 radical (unpaired) electrons. The minimum atomic E-state index is -0.532. The predicted octanol–water partition coefficient (Wildman–Crippen LogP) is 5.61. The SMILES string of the molecule is O=c1oc(-c2ccc(/C=C/c3ccc(-c4nc5ccccc5c(=O)o4)c(O)c3)cc2O)nc2ccccc12. The molecule has 38 heavy (non-hydrogen) atoms. The molecule has 184 valence electrons. The van der Waals surface area contributed by atoms with Crippen molar-refractivity contribution in [2.24, 2.45) is 0 Å². The van der Waals surface area contributed by atoms with Crippen molar-refractivity contribution in [1.82, 2.24) is 9.97 Å². The molecule has 6 rings (SSSR count). The van der Waals surface area contributed by atoms with Gasteiger partial charge in [0.15, 0.2) is 0 Å². The van der Waals surface area contributed by atoms with Crippen LogP contribution in [0, 0.1) is 0 Å². The molecule has 0 fully saturated rings. The zero-order chi connectivity index (χ0) is 26.2. The Kier molecular flexibility index (Phi) is 5.54. The lowest BCUT2D eigenvalue weighted by Gasteiger charge is -2.06. The van der Waals surface area contributed by atoms with Gasteiger partial charge in [-0.2, -0.15) is 0 Å². The highest BCUT2D eigenvalue weighted by Crippen LogP contribution is 2.31. The van der Waals surface area contributed by atoms with Crippen molar-refractivity contribution in [3.05, 3.63) is 117 Å². The molecule has 0 bridgehead atoms. The zero-order valence-corrected chi connectivity index (χ0v) is 19.7. The summed E-state index contributed by atoms with van der Waals surface area (Å²) >= 11 is 0. The molecule has 0 spiro atoms. The van der Waals surface area contributed by atoms with Crippen molar-refractivity contribution in [3.63, 3.8) is 0 Å². The van der Waals surface area contributed by atoms with E-state index < -0.39 is 11.3 Å². The van der Waals surface area contributed by atoms with Gasteiger partial charge in [-0.1, -0.05) is 48.6 Å². The topological polar surface area (TPSA) is 127 Å². The third-order valence-corrected chi connectivity index (χ3v) is 6.04. The largest absolute Gasteiger partial charge is 0.507 e. The number of hydrogen-bond donors (Lipinski definition) is 2. The molecule has 8 heteroatoms. The average Bonchev–Trinajstić information content (AvgIpc) is 2.92. The third-order valence-electron chi connectivity index (χ3n) is 6.04. The van der Waals surface area contributed by atoms with Crippen molar-refractivity contribution in [2.45, 2.75) is 0 Å². The average molecular weight is 502 g/mol. The first-order valence-electron chi connectivity index (χ1n) is 11.6. The Balaban J connectivity index is 1.27. The van der Waals surface area contributed by atoms with Crippen LogP contribution in [0.15, 0.2) is 103 Å². The fraction of sp³-hybridized carbons (Fsp3) is 0. The minimum absolute atomic E-state index is 0.0243. The first kappa shape index (κ1) is 22.9. The molecule has 0 amide bonds. The van der Waals surface area contributed by atoms with Crippen LogP contribution in [0.4, 0.5) is 0 Å². The molecule has 2 N–H and O–H groups in total. The molecule has 0 aliphatic heterocycles.